The SMILES string of the molecule is CON=C(C(=O)NC1C(=O)N2C(C(=O)OCc3oc(=O)oc3C)=C(C=Cc3scnc3C)CS[C@H]12)c1csc(N)n1. The number of aryl methyl sites for hydroxylation is 2. The maximum Gasteiger partial charge on any atom is 0.519 e. The number of anilines is 1. The van der Waals surface area contributed by atoms with Gasteiger partial charge in [-0.1, -0.05) is 11.2 Å². The quantitative estimate of drug-likeness (QED) is 0.153. The molecular formula is C24H22N6O8S3. The molecule has 0 bridgehead atoms. The number of aromatic nitrogens is 2. The van der Waals surface area contributed by atoms with Crippen molar-refractivity contribution in [1.29, 1.82) is 0 Å². The monoisotopic (exact) mass is 618 g/mol. The number of hydrogen-bond donors (Lipinski definition) is 2. The van der Waals surface area contributed by atoms with Crippen LogP contribution in [0, 0.1) is 13.8 Å². The van der Waals surface area contributed by atoms with E-state index in [1.54, 1.807) is 17.0 Å². The van der Waals surface area contributed by atoms with Gasteiger partial charge < -0.3 is 29.5 Å². The maximum atomic E-state index is 13.4. The van der Waals surface area contributed by atoms with Crippen LogP contribution in [0.1, 0.15) is 27.8 Å². The topological polar surface area (TPSA) is 192 Å². The fraction of sp³-hybridized carbons (Fsp3) is 0.292. The Labute approximate surface area is 243 Å². The minimum Gasteiger partial charge on any atom is -0.453 e. The molecule has 0 aliphatic carbocycles. The largest absolute Gasteiger partial charge is 0.519 e. The molecule has 5 heterocycles. The van der Waals surface area contributed by atoms with Gasteiger partial charge in [-0.2, -0.15) is 0 Å². The fourth-order valence-corrected chi connectivity index (χ4v) is 6.58. The number of rotatable bonds is 9. The van der Waals surface area contributed by atoms with E-state index in [9.17, 15) is 19.2 Å². The Hall–Kier alpha value is -4.22. The van der Waals surface area contributed by atoms with Crippen molar-refractivity contribution in [2.45, 2.75) is 31.9 Å². The second kappa shape index (κ2) is 11.7. The molecule has 1 fully saturated rings. The van der Waals surface area contributed by atoms with Crippen molar-refractivity contribution in [3.63, 3.8) is 0 Å². The highest BCUT2D eigenvalue weighted by Gasteiger charge is 2.54. The first kappa shape index (κ1) is 28.3. The third-order valence-electron chi connectivity index (χ3n) is 6.03. The molecule has 41 heavy (non-hydrogen) atoms. The summed E-state index contributed by atoms with van der Waals surface area (Å²) in [5.41, 5.74) is 8.81. The summed E-state index contributed by atoms with van der Waals surface area (Å²) in [5, 5.41) is 7.58. The van der Waals surface area contributed by atoms with Gasteiger partial charge in [-0.25, -0.2) is 19.6 Å². The molecule has 5 rings (SSSR count). The van der Waals surface area contributed by atoms with Crippen molar-refractivity contribution in [2.75, 3.05) is 18.6 Å². The number of carbonyl (C=O) groups is 3. The molecule has 2 amide bonds. The second-order valence-corrected chi connectivity index (χ2v) is 11.5. The molecule has 214 valence electrons. The molecule has 3 aromatic heterocycles. The van der Waals surface area contributed by atoms with Crippen LogP contribution in [0.4, 0.5) is 5.13 Å². The molecule has 0 aromatic carbocycles. The highest BCUT2D eigenvalue weighted by molar-refractivity contribution is 8.00. The van der Waals surface area contributed by atoms with Gasteiger partial charge in [0, 0.05) is 16.0 Å². The third-order valence-corrected chi connectivity index (χ3v) is 8.90. The van der Waals surface area contributed by atoms with Crippen LogP contribution in [0.3, 0.4) is 0 Å². The van der Waals surface area contributed by atoms with Gasteiger partial charge in [-0.15, -0.1) is 34.4 Å². The zero-order valence-corrected chi connectivity index (χ0v) is 24.2. The molecule has 2 aliphatic rings. The van der Waals surface area contributed by atoms with E-state index in [-0.39, 0.29) is 40.4 Å². The fourth-order valence-electron chi connectivity index (χ4n) is 4.01. The molecule has 0 saturated carbocycles. The van der Waals surface area contributed by atoms with Gasteiger partial charge in [-0.05, 0) is 25.5 Å². The zero-order valence-electron chi connectivity index (χ0n) is 21.7. The Balaban J connectivity index is 1.39. The molecule has 3 aromatic rings. The number of nitrogens with one attached hydrogen (secondary N) is 1. The zero-order chi connectivity index (χ0) is 29.3. The van der Waals surface area contributed by atoms with E-state index in [4.69, 9.17) is 24.1 Å². The minimum atomic E-state index is -0.961. The van der Waals surface area contributed by atoms with E-state index in [0.29, 0.717) is 11.3 Å². The summed E-state index contributed by atoms with van der Waals surface area (Å²) in [4.78, 5) is 66.4. The highest BCUT2D eigenvalue weighted by atomic mass is 32.2. The summed E-state index contributed by atoms with van der Waals surface area (Å²) in [6.07, 6.45) is 3.55. The van der Waals surface area contributed by atoms with Crippen LogP contribution in [0.15, 0.2) is 47.0 Å². The number of carbonyl (C=O) groups excluding carboxylic acids is 3. The van der Waals surface area contributed by atoms with E-state index in [0.717, 1.165) is 21.9 Å². The molecule has 2 aliphatic heterocycles. The molecule has 14 nitrogen and oxygen atoms in total. The normalized spacial score (nSPS) is 18.9. The first-order valence-corrected chi connectivity index (χ1v) is 14.6. The number of esters is 1. The molecule has 17 heteroatoms. The number of allylic oxidation sites excluding steroid dienone is 1. The van der Waals surface area contributed by atoms with Crippen LogP contribution in [0.2, 0.25) is 0 Å². The summed E-state index contributed by atoms with van der Waals surface area (Å²) < 4.78 is 15.1. The number of nitrogen functional groups attached to an aromatic ring is 1. The van der Waals surface area contributed by atoms with Crippen molar-refractivity contribution in [3.8, 4) is 0 Å². The van der Waals surface area contributed by atoms with Crippen LogP contribution in [-0.4, -0.2) is 62.6 Å². The van der Waals surface area contributed by atoms with E-state index >= 15 is 0 Å². The third kappa shape index (κ3) is 5.68. The van der Waals surface area contributed by atoms with Crippen LogP contribution in [0.25, 0.3) is 6.08 Å². The number of ether oxygens (including phenoxy) is 1. The van der Waals surface area contributed by atoms with Gasteiger partial charge in [0.1, 0.15) is 29.9 Å². The number of thiazole rings is 2. The average Bonchev–Trinajstić information content (AvgIpc) is 3.65. The number of thioether (sulfide) groups is 1. The van der Waals surface area contributed by atoms with Crippen LogP contribution >= 0.6 is 34.4 Å². The van der Waals surface area contributed by atoms with Crippen molar-refractivity contribution < 1.29 is 32.8 Å². The summed E-state index contributed by atoms with van der Waals surface area (Å²) in [6, 6.07) is -0.961. The number of fused-ring (bicyclic) bond motifs is 1. The smallest absolute Gasteiger partial charge is 0.453 e. The summed E-state index contributed by atoms with van der Waals surface area (Å²) in [7, 11) is 1.28. The number of hydrogen-bond acceptors (Lipinski definition) is 15. The number of β-lactam (4-membered cyclic amide) rings is 1. The van der Waals surface area contributed by atoms with E-state index in [1.807, 2.05) is 13.0 Å². The van der Waals surface area contributed by atoms with Gasteiger partial charge in [0.2, 0.25) is 0 Å². The second-order valence-electron chi connectivity index (χ2n) is 8.57. The molecular weight excluding hydrogens is 596 g/mol. The number of nitrogens with two attached hydrogens (primary N) is 1. The minimum absolute atomic E-state index is 0.0178. The molecule has 0 radical (unpaired) electrons. The van der Waals surface area contributed by atoms with Crippen molar-refractivity contribution in [1.82, 2.24) is 20.2 Å². The Morgan fingerprint density at radius 2 is 2.07 bits per heavy atom. The van der Waals surface area contributed by atoms with Gasteiger partial charge >= 0.3 is 11.8 Å². The lowest BCUT2D eigenvalue weighted by Gasteiger charge is -2.49. The first-order valence-electron chi connectivity index (χ1n) is 11.8. The maximum absolute atomic E-state index is 13.4. The highest BCUT2D eigenvalue weighted by Crippen LogP contribution is 2.41. The molecule has 1 unspecified atom stereocenters. The molecule has 0 spiro atoms. The van der Waals surface area contributed by atoms with Crippen LogP contribution in [0.5, 0.6) is 0 Å². The molecule has 1 saturated heterocycles. The molecule has 3 N–H and O–H groups in total. The Morgan fingerprint density at radius 1 is 1.27 bits per heavy atom. The first-order chi connectivity index (χ1) is 19.7. The van der Waals surface area contributed by atoms with Crippen molar-refractivity contribution in [2.24, 2.45) is 5.16 Å². The van der Waals surface area contributed by atoms with Crippen LogP contribution < -0.4 is 16.9 Å². The number of nitrogens with zero attached hydrogens (tertiary/aromatic N) is 4. The summed E-state index contributed by atoms with van der Waals surface area (Å²) in [6.45, 7) is 2.98. The number of oxime groups is 1. The average molecular weight is 619 g/mol. The standard InChI is InChI=1S/C24H22N6O8S3/c1-10-15(41-9-26-10)5-4-12-7-39-21-17(28-19(31)16(29-35-3)13-8-40-23(25)27-13)20(32)30(21)18(12)22(33)36-6-14-11(2)37-24(34)38-14/h4-5,8-9,17,21H,6-7H2,1-3H3,(H2,25,27)(H,28,31)/t17?,21-/m1/s1. The Bertz CT molecular complexity index is 1660. The van der Waals surface area contributed by atoms with Gasteiger partial charge in [0.05, 0.1) is 11.2 Å². The Kier molecular flexibility index (Phi) is 8.09. The van der Waals surface area contributed by atoms with E-state index in [2.05, 4.69) is 20.4 Å². The van der Waals surface area contributed by atoms with E-state index in [1.165, 1.54) is 42.0 Å². The lowest BCUT2D eigenvalue weighted by Crippen LogP contribution is -2.71. The Morgan fingerprint density at radius 3 is 2.71 bits per heavy atom. The van der Waals surface area contributed by atoms with Gasteiger partial charge in [-0.3, -0.25) is 14.5 Å². The van der Waals surface area contributed by atoms with Crippen molar-refractivity contribution >= 4 is 69.1 Å². The lowest BCUT2D eigenvalue weighted by molar-refractivity contribution is -0.153. The lowest BCUT2D eigenvalue weighted by atomic mass is 10.0. The predicted octanol–water partition coefficient (Wildman–Crippen LogP) is 1.81. The summed E-state index contributed by atoms with van der Waals surface area (Å²) >= 11 is 3.92. The van der Waals surface area contributed by atoms with Crippen LogP contribution in [-0.2, 0) is 30.6 Å². The van der Waals surface area contributed by atoms with Gasteiger partial charge in [0.15, 0.2) is 29.0 Å². The molecule has 2 atom stereocenters. The van der Waals surface area contributed by atoms with E-state index < -0.39 is 35.0 Å². The number of amides is 2. The summed E-state index contributed by atoms with van der Waals surface area (Å²) in [5.74, 6) is -2.39. The van der Waals surface area contributed by atoms with Gasteiger partial charge in [0.25, 0.3) is 11.8 Å². The van der Waals surface area contributed by atoms with Crippen molar-refractivity contribution in [3.05, 3.63) is 66.6 Å². The predicted molar refractivity (Wildman–Crippen MR) is 150 cm³/mol.